The van der Waals surface area contributed by atoms with Crippen LogP contribution in [0.25, 0.3) is 0 Å². The molecule has 1 aromatic rings. The summed E-state index contributed by atoms with van der Waals surface area (Å²) in [5.74, 6) is -0.689. The third-order valence-corrected chi connectivity index (χ3v) is 2.25. The minimum absolute atomic E-state index is 0.148. The van der Waals surface area contributed by atoms with Crippen LogP contribution >= 0.6 is 0 Å². The number of alkyl halides is 7. The van der Waals surface area contributed by atoms with Gasteiger partial charge < -0.3 is 10.5 Å². The normalized spacial score (nSPS) is 14.4. The molecular formula is C11H10F7NO. The number of rotatable bonds is 5. The predicted molar refractivity (Wildman–Crippen MR) is 55.6 cm³/mol. The summed E-state index contributed by atoms with van der Waals surface area (Å²) < 4.78 is 89.3. The molecule has 0 aliphatic rings. The highest BCUT2D eigenvalue weighted by Crippen LogP contribution is 2.31. The molecule has 0 aliphatic carbocycles. The van der Waals surface area contributed by atoms with Gasteiger partial charge in [0.2, 0.25) is 0 Å². The molecular weight excluding hydrogens is 295 g/mol. The Bertz CT molecular complexity index is 447. The molecule has 0 unspecified atom stereocenters. The highest BCUT2D eigenvalue weighted by molar-refractivity contribution is 5.30. The molecule has 0 spiro atoms. The molecule has 0 bridgehead atoms. The number of ether oxygens (including phenoxy) is 1. The van der Waals surface area contributed by atoms with Crippen molar-refractivity contribution in [2.45, 2.75) is 31.2 Å². The summed E-state index contributed by atoms with van der Waals surface area (Å²) in [6, 6.07) is 2.43. The minimum Gasteiger partial charge on any atom is -0.428 e. The van der Waals surface area contributed by atoms with E-state index in [1.807, 2.05) is 0 Å². The molecule has 2 nitrogen and oxygen atoms in total. The average Bonchev–Trinajstić information content (AvgIpc) is 2.26. The second-order valence-electron chi connectivity index (χ2n) is 3.96. The van der Waals surface area contributed by atoms with E-state index in [1.165, 1.54) is 0 Å². The maximum absolute atomic E-state index is 12.7. The van der Waals surface area contributed by atoms with Crippen LogP contribution in [0.2, 0.25) is 0 Å². The lowest BCUT2D eigenvalue weighted by atomic mass is 10.0. The first-order valence-electron chi connectivity index (χ1n) is 5.28. The standard InChI is InChI=1S/C11H10F7NO/c12-9(13)11(17,18)20-7-3-1-2-6(4-7)8(19)5-10(14,15)16/h1-4,8-9H,5,19H2/t8-/m0/s1. The van der Waals surface area contributed by atoms with Gasteiger partial charge in [0.05, 0.1) is 6.42 Å². The van der Waals surface area contributed by atoms with Crippen molar-refractivity contribution in [3.8, 4) is 5.75 Å². The summed E-state index contributed by atoms with van der Waals surface area (Å²) >= 11 is 0. The zero-order valence-corrected chi connectivity index (χ0v) is 9.80. The van der Waals surface area contributed by atoms with Gasteiger partial charge >= 0.3 is 18.7 Å². The van der Waals surface area contributed by atoms with Gasteiger partial charge in [-0.05, 0) is 17.7 Å². The van der Waals surface area contributed by atoms with Crippen LogP contribution in [0.4, 0.5) is 30.7 Å². The van der Waals surface area contributed by atoms with Gasteiger partial charge in [-0.3, -0.25) is 0 Å². The number of hydrogen-bond acceptors (Lipinski definition) is 2. The van der Waals surface area contributed by atoms with Gasteiger partial charge in [-0.25, -0.2) is 0 Å². The van der Waals surface area contributed by atoms with E-state index >= 15 is 0 Å². The monoisotopic (exact) mass is 305 g/mol. The predicted octanol–water partition coefficient (Wildman–Crippen LogP) is 3.88. The Kier molecular flexibility index (Phi) is 4.85. The van der Waals surface area contributed by atoms with Gasteiger partial charge in [-0.2, -0.15) is 30.7 Å². The first-order valence-corrected chi connectivity index (χ1v) is 5.28. The Balaban J connectivity index is 2.86. The van der Waals surface area contributed by atoms with E-state index in [0.29, 0.717) is 0 Å². The topological polar surface area (TPSA) is 35.2 Å². The second kappa shape index (κ2) is 5.86. The Labute approximate surface area is 109 Å². The van der Waals surface area contributed by atoms with Crippen LogP contribution in [0.3, 0.4) is 0 Å². The van der Waals surface area contributed by atoms with Gasteiger partial charge in [-0.15, -0.1) is 0 Å². The summed E-state index contributed by atoms with van der Waals surface area (Å²) in [4.78, 5) is 0. The van der Waals surface area contributed by atoms with Crippen LogP contribution in [-0.4, -0.2) is 18.7 Å². The Morgan fingerprint density at radius 2 is 1.70 bits per heavy atom. The lowest BCUT2D eigenvalue weighted by Gasteiger charge is -2.19. The Morgan fingerprint density at radius 1 is 1.10 bits per heavy atom. The maximum Gasteiger partial charge on any atom is 0.461 e. The van der Waals surface area contributed by atoms with E-state index in [9.17, 15) is 30.7 Å². The van der Waals surface area contributed by atoms with E-state index in [4.69, 9.17) is 5.73 Å². The van der Waals surface area contributed by atoms with Crippen LogP contribution in [0.1, 0.15) is 18.0 Å². The van der Waals surface area contributed by atoms with Crippen molar-refractivity contribution in [1.29, 1.82) is 0 Å². The van der Waals surface area contributed by atoms with Gasteiger partial charge in [0.1, 0.15) is 5.75 Å². The van der Waals surface area contributed by atoms with Crippen molar-refractivity contribution < 1.29 is 35.5 Å². The fourth-order valence-corrected chi connectivity index (χ4v) is 1.38. The van der Waals surface area contributed by atoms with Gasteiger partial charge in [0.25, 0.3) is 0 Å². The molecule has 1 atom stereocenters. The highest BCUT2D eigenvalue weighted by Gasteiger charge is 2.44. The molecule has 1 rings (SSSR count). The van der Waals surface area contributed by atoms with Crippen molar-refractivity contribution in [1.82, 2.24) is 0 Å². The van der Waals surface area contributed by atoms with Crippen LogP contribution in [0, 0.1) is 0 Å². The number of benzene rings is 1. The molecule has 0 radical (unpaired) electrons. The third kappa shape index (κ3) is 4.87. The van der Waals surface area contributed by atoms with Gasteiger partial charge in [0, 0.05) is 6.04 Å². The maximum atomic E-state index is 12.7. The molecule has 2 N–H and O–H groups in total. The Hall–Kier alpha value is -1.51. The molecule has 0 fully saturated rings. The molecule has 0 amide bonds. The molecule has 0 aliphatic heterocycles. The fourth-order valence-electron chi connectivity index (χ4n) is 1.38. The Morgan fingerprint density at radius 3 is 2.20 bits per heavy atom. The van der Waals surface area contributed by atoms with Crippen molar-refractivity contribution in [2.75, 3.05) is 0 Å². The molecule has 20 heavy (non-hydrogen) atoms. The van der Waals surface area contributed by atoms with E-state index in [0.717, 1.165) is 24.3 Å². The third-order valence-electron chi connectivity index (χ3n) is 2.25. The molecule has 114 valence electrons. The van der Waals surface area contributed by atoms with Crippen LogP contribution in [0.5, 0.6) is 5.75 Å². The van der Waals surface area contributed by atoms with E-state index < -0.39 is 36.9 Å². The van der Waals surface area contributed by atoms with Crippen molar-refractivity contribution >= 4 is 0 Å². The lowest BCUT2D eigenvalue weighted by molar-refractivity contribution is -0.253. The zero-order chi connectivity index (χ0) is 15.6. The molecule has 9 heteroatoms. The lowest BCUT2D eigenvalue weighted by Crippen LogP contribution is -2.33. The first kappa shape index (κ1) is 16.5. The van der Waals surface area contributed by atoms with Crippen molar-refractivity contribution in [3.63, 3.8) is 0 Å². The summed E-state index contributed by atoms with van der Waals surface area (Å²) in [5.41, 5.74) is 5.11. The summed E-state index contributed by atoms with van der Waals surface area (Å²) in [7, 11) is 0. The highest BCUT2D eigenvalue weighted by atomic mass is 19.4. The number of nitrogens with two attached hydrogens (primary N) is 1. The van der Waals surface area contributed by atoms with E-state index in [2.05, 4.69) is 4.74 Å². The second-order valence-corrected chi connectivity index (χ2v) is 3.96. The van der Waals surface area contributed by atoms with Crippen LogP contribution in [-0.2, 0) is 0 Å². The SMILES string of the molecule is N[C@@H](CC(F)(F)F)c1cccc(OC(F)(F)C(F)F)c1. The van der Waals surface area contributed by atoms with Crippen LogP contribution < -0.4 is 10.5 Å². The molecule has 1 aromatic carbocycles. The average molecular weight is 305 g/mol. The molecule has 0 saturated heterocycles. The summed E-state index contributed by atoms with van der Waals surface area (Å²) in [6.07, 6.45) is -14.7. The van der Waals surface area contributed by atoms with Crippen LogP contribution in [0.15, 0.2) is 24.3 Å². The summed E-state index contributed by atoms with van der Waals surface area (Å²) in [6.45, 7) is 0. The fraction of sp³-hybridized carbons (Fsp3) is 0.455. The summed E-state index contributed by atoms with van der Waals surface area (Å²) in [5, 5.41) is 0. The minimum atomic E-state index is -4.73. The zero-order valence-electron chi connectivity index (χ0n) is 9.80. The van der Waals surface area contributed by atoms with Gasteiger partial charge in [-0.1, -0.05) is 12.1 Å². The molecule has 0 heterocycles. The quantitative estimate of drug-likeness (QED) is 0.838. The number of hydrogen-bond donors (Lipinski definition) is 1. The van der Waals surface area contributed by atoms with Gasteiger partial charge in [0.15, 0.2) is 0 Å². The smallest absolute Gasteiger partial charge is 0.428 e. The van der Waals surface area contributed by atoms with E-state index in [-0.39, 0.29) is 5.56 Å². The first-order chi connectivity index (χ1) is 9.01. The van der Waals surface area contributed by atoms with Crippen molar-refractivity contribution in [3.05, 3.63) is 29.8 Å². The number of halogens is 7. The van der Waals surface area contributed by atoms with E-state index in [1.54, 1.807) is 0 Å². The molecule has 0 aromatic heterocycles. The largest absolute Gasteiger partial charge is 0.461 e. The van der Waals surface area contributed by atoms with Crippen molar-refractivity contribution in [2.24, 2.45) is 5.73 Å². The molecule has 0 saturated carbocycles.